The first-order valence-electron chi connectivity index (χ1n) is 9.36. The van der Waals surface area contributed by atoms with Gasteiger partial charge in [0.1, 0.15) is 10.8 Å². The van der Waals surface area contributed by atoms with Crippen LogP contribution in [0.4, 0.5) is 16.4 Å². The molecule has 1 aromatic carbocycles. The molecule has 0 radical (unpaired) electrons. The summed E-state index contributed by atoms with van der Waals surface area (Å²) in [5, 5.41) is 8.31. The van der Waals surface area contributed by atoms with Crippen LogP contribution >= 0.6 is 11.3 Å². The summed E-state index contributed by atoms with van der Waals surface area (Å²) in [5.41, 5.74) is 4.29. The van der Waals surface area contributed by atoms with Crippen molar-refractivity contribution in [1.29, 1.82) is 0 Å². The van der Waals surface area contributed by atoms with E-state index in [4.69, 9.17) is 9.73 Å². The molecule has 0 spiro atoms. The number of piperazine rings is 1. The van der Waals surface area contributed by atoms with Crippen molar-refractivity contribution in [3.63, 3.8) is 0 Å². The molecule has 142 valence electrons. The van der Waals surface area contributed by atoms with Gasteiger partial charge in [0.25, 0.3) is 0 Å². The number of nitrogens with one attached hydrogen (secondary N) is 2. The zero-order chi connectivity index (χ0) is 18.8. The summed E-state index contributed by atoms with van der Waals surface area (Å²) in [7, 11) is 0. The second kappa shape index (κ2) is 7.84. The minimum absolute atomic E-state index is 0.287. The highest BCUT2D eigenvalue weighted by molar-refractivity contribution is 7.16. The third kappa shape index (κ3) is 4.08. The van der Waals surface area contributed by atoms with Crippen LogP contribution in [0.1, 0.15) is 17.4 Å². The average Bonchev–Trinajstić information content (AvgIpc) is 2.93. The number of amidine groups is 1. The molecule has 0 saturated carbocycles. The summed E-state index contributed by atoms with van der Waals surface area (Å²) in [4.78, 5) is 8.74. The topological polar surface area (TPSA) is 48.9 Å². The number of nitrogens with zero attached hydrogens (tertiary/aromatic N) is 2. The fraction of sp³-hybridized carbons (Fsp3) is 0.381. The second-order valence-electron chi connectivity index (χ2n) is 7.25. The van der Waals surface area contributed by atoms with Crippen molar-refractivity contribution < 1.29 is 4.74 Å². The molecule has 2 aliphatic heterocycles. The predicted molar refractivity (Wildman–Crippen MR) is 114 cm³/mol. The van der Waals surface area contributed by atoms with E-state index in [1.54, 1.807) is 11.3 Å². The Morgan fingerprint density at radius 2 is 2.26 bits per heavy atom. The first-order chi connectivity index (χ1) is 13.1. The number of thiophene rings is 1. The lowest BCUT2D eigenvalue weighted by Crippen LogP contribution is -2.54. The third-order valence-corrected chi connectivity index (χ3v) is 5.66. The molecule has 0 aliphatic carbocycles. The van der Waals surface area contributed by atoms with Crippen LogP contribution in [-0.2, 0) is 4.74 Å². The van der Waals surface area contributed by atoms with Crippen LogP contribution in [0.25, 0.3) is 0 Å². The molecule has 1 unspecified atom stereocenters. The fourth-order valence-corrected chi connectivity index (χ4v) is 4.41. The first-order valence-corrected chi connectivity index (χ1v) is 10.2. The van der Waals surface area contributed by atoms with Gasteiger partial charge >= 0.3 is 0 Å². The number of hydrogen-bond donors (Lipinski definition) is 2. The zero-order valence-corrected chi connectivity index (χ0v) is 16.7. The van der Waals surface area contributed by atoms with E-state index in [0.29, 0.717) is 13.2 Å². The SMILES string of the molecule is C=C(C)COCC1CN(C2=Nc3ccccc3Nc3sc(C)cc32)CCN1. The molecule has 27 heavy (non-hydrogen) atoms. The zero-order valence-electron chi connectivity index (χ0n) is 15.9. The highest BCUT2D eigenvalue weighted by Crippen LogP contribution is 2.39. The van der Waals surface area contributed by atoms with E-state index in [0.717, 1.165) is 42.4 Å². The lowest BCUT2D eigenvalue weighted by molar-refractivity contribution is 0.111. The molecule has 1 aromatic heterocycles. The molecule has 2 aromatic rings. The van der Waals surface area contributed by atoms with Gasteiger partial charge in [0.05, 0.1) is 30.2 Å². The quantitative estimate of drug-likeness (QED) is 0.783. The molecule has 5 nitrogen and oxygen atoms in total. The lowest BCUT2D eigenvalue weighted by Gasteiger charge is -2.35. The molecule has 0 amide bonds. The third-order valence-electron chi connectivity index (χ3n) is 4.70. The van der Waals surface area contributed by atoms with Crippen molar-refractivity contribution in [3.8, 4) is 0 Å². The number of fused-ring (bicyclic) bond motifs is 2. The van der Waals surface area contributed by atoms with Gasteiger partial charge in [-0.3, -0.25) is 0 Å². The summed E-state index contributed by atoms with van der Waals surface area (Å²) in [6, 6.07) is 10.8. The Hall–Kier alpha value is -2.15. The van der Waals surface area contributed by atoms with E-state index >= 15 is 0 Å². The first kappa shape index (κ1) is 18.2. The second-order valence-corrected chi connectivity index (χ2v) is 8.50. The van der Waals surface area contributed by atoms with Gasteiger partial charge < -0.3 is 20.3 Å². The Morgan fingerprint density at radius 3 is 3.11 bits per heavy atom. The lowest BCUT2D eigenvalue weighted by atomic mass is 10.1. The molecular weight excluding hydrogens is 356 g/mol. The van der Waals surface area contributed by atoms with Crippen molar-refractivity contribution >= 4 is 33.5 Å². The molecule has 1 saturated heterocycles. The number of aryl methyl sites for hydroxylation is 1. The van der Waals surface area contributed by atoms with E-state index < -0.39 is 0 Å². The minimum atomic E-state index is 0.287. The smallest absolute Gasteiger partial charge is 0.139 e. The average molecular weight is 383 g/mol. The number of rotatable bonds is 4. The number of ether oxygens (including phenoxy) is 1. The van der Waals surface area contributed by atoms with Gasteiger partial charge in [-0.15, -0.1) is 11.3 Å². The molecule has 4 rings (SSSR count). The largest absolute Gasteiger partial charge is 0.375 e. The van der Waals surface area contributed by atoms with Crippen molar-refractivity contribution in [1.82, 2.24) is 10.2 Å². The van der Waals surface area contributed by atoms with Gasteiger partial charge in [-0.25, -0.2) is 4.99 Å². The summed E-state index contributed by atoms with van der Waals surface area (Å²) in [5.74, 6) is 1.05. The van der Waals surface area contributed by atoms with E-state index in [1.165, 1.54) is 15.4 Å². The Bertz CT molecular complexity index is 873. The van der Waals surface area contributed by atoms with Gasteiger partial charge in [-0.05, 0) is 32.0 Å². The molecular formula is C21H26N4OS. The standard InChI is InChI=1S/C21H26N4OS/c1-14(2)12-26-13-16-11-25(9-8-22-16)20-17-10-15(3)27-21(17)24-19-7-5-4-6-18(19)23-20/h4-7,10,16,22,24H,1,8-9,11-13H2,2-3H3. The van der Waals surface area contributed by atoms with Crippen LogP contribution in [0.3, 0.4) is 0 Å². The van der Waals surface area contributed by atoms with E-state index in [1.807, 2.05) is 19.1 Å². The normalized spacial score (nSPS) is 18.8. The maximum absolute atomic E-state index is 5.79. The highest BCUT2D eigenvalue weighted by atomic mass is 32.1. The molecule has 2 aliphatic rings. The summed E-state index contributed by atoms with van der Waals surface area (Å²) in [6.07, 6.45) is 0. The van der Waals surface area contributed by atoms with Gasteiger partial charge in [0, 0.05) is 30.6 Å². The maximum atomic E-state index is 5.79. The van der Waals surface area contributed by atoms with Crippen LogP contribution in [0.5, 0.6) is 0 Å². The molecule has 0 bridgehead atoms. The van der Waals surface area contributed by atoms with Crippen molar-refractivity contribution in [2.45, 2.75) is 19.9 Å². The monoisotopic (exact) mass is 382 g/mol. The van der Waals surface area contributed by atoms with Gasteiger partial charge in [0.2, 0.25) is 0 Å². The molecule has 6 heteroatoms. The van der Waals surface area contributed by atoms with Gasteiger partial charge in [-0.2, -0.15) is 0 Å². The highest BCUT2D eigenvalue weighted by Gasteiger charge is 2.27. The molecule has 1 atom stereocenters. The molecule has 3 heterocycles. The van der Waals surface area contributed by atoms with Crippen LogP contribution in [0.15, 0.2) is 47.5 Å². The fourth-order valence-electron chi connectivity index (χ4n) is 3.49. The number of benzene rings is 1. The van der Waals surface area contributed by atoms with E-state index in [9.17, 15) is 0 Å². The molecule has 2 N–H and O–H groups in total. The van der Waals surface area contributed by atoms with Crippen molar-refractivity contribution in [2.75, 3.05) is 38.2 Å². The number of anilines is 2. The Labute approximate surface area is 164 Å². The number of hydrogen-bond acceptors (Lipinski definition) is 6. The van der Waals surface area contributed by atoms with Crippen molar-refractivity contribution in [3.05, 3.63) is 52.9 Å². The Kier molecular flexibility index (Phi) is 5.29. The van der Waals surface area contributed by atoms with E-state index in [-0.39, 0.29) is 6.04 Å². The Morgan fingerprint density at radius 1 is 1.41 bits per heavy atom. The summed E-state index contributed by atoms with van der Waals surface area (Å²) >= 11 is 1.78. The number of para-hydroxylation sites is 2. The van der Waals surface area contributed by atoms with Gasteiger partial charge in [-0.1, -0.05) is 24.3 Å². The van der Waals surface area contributed by atoms with Crippen LogP contribution < -0.4 is 10.6 Å². The maximum Gasteiger partial charge on any atom is 0.139 e. The van der Waals surface area contributed by atoms with Gasteiger partial charge in [0.15, 0.2) is 0 Å². The van der Waals surface area contributed by atoms with Crippen LogP contribution in [0, 0.1) is 6.92 Å². The number of aliphatic imine (C=N–C) groups is 1. The predicted octanol–water partition coefficient (Wildman–Crippen LogP) is 4.06. The summed E-state index contributed by atoms with van der Waals surface area (Å²) < 4.78 is 5.79. The molecule has 1 fully saturated rings. The van der Waals surface area contributed by atoms with E-state index in [2.05, 4.69) is 47.2 Å². The van der Waals surface area contributed by atoms with Crippen LogP contribution in [-0.4, -0.2) is 49.6 Å². The minimum Gasteiger partial charge on any atom is -0.375 e. The van der Waals surface area contributed by atoms with Crippen LogP contribution in [0.2, 0.25) is 0 Å². The Balaban J connectivity index is 1.60. The summed E-state index contributed by atoms with van der Waals surface area (Å²) in [6.45, 7) is 12.1. The van der Waals surface area contributed by atoms with Crippen molar-refractivity contribution in [2.24, 2.45) is 4.99 Å².